The molecule has 2 aromatic rings. The zero-order valence-corrected chi connectivity index (χ0v) is 9.35. The molecular formula is C11H12N2S. The van der Waals surface area contributed by atoms with Gasteiger partial charge in [0.15, 0.2) is 0 Å². The van der Waals surface area contributed by atoms with Crippen molar-refractivity contribution in [3.8, 4) is 10.6 Å². The van der Waals surface area contributed by atoms with Crippen LogP contribution in [0.3, 0.4) is 0 Å². The van der Waals surface area contributed by atoms with Gasteiger partial charge in [0.25, 0.3) is 0 Å². The number of hydrogen-bond acceptors (Lipinski definition) is 3. The van der Waals surface area contributed by atoms with E-state index in [9.17, 15) is 0 Å². The zero-order chi connectivity index (χ0) is 10.1. The van der Waals surface area contributed by atoms with E-state index in [2.05, 4.69) is 23.0 Å². The molecule has 0 fully saturated rings. The van der Waals surface area contributed by atoms with Crippen LogP contribution in [0.15, 0.2) is 18.5 Å². The summed E-state index contributed by atoms with van der Waals surface area (Å²) in [5, 5.41) is 1.07. The number of thiazole rings is 1. The van der Waals surface area contributed by atoms with Gasteiger partial charge in [-0.2, -0.15) is 0 Å². The smallest absolute Gasteiger partial charge is 0.125 e. The molecule has 0 saturated carbocycles. The first-order valence-electron chi connectivity index (χ1n) is 4.53. The second kappa shape index (κ2) is 3.50. The van der Waals surface area contributed by atoms with Gasteiger partial charge >= 0.3 is 0 Å². The minimum Gasteiger partial charge on any atom is -0.264 e. The Labute approximate surface area is 87.7 Å². The molecule has 3 heteroatoms. The first-order valence-corrected chi connectivity index (χ1v) is 5.34. The molecule has 0 aliphatic carbocycles. The minimum atomic E-state index is 1.07. The average molecular weight is 204 g/mol. The summed E-state index contributed by atoms with van der Waals surface area (Å²) in [5.41, 5.74) is 3.41. The van der Waals surface area contributed by atoms with Crippen LogP contribution in [0.5, 0.6) is 0 Å². The fraction of sp³-hybridized carbons (Fsp3) is 0.273. The third kappa shape index (κ3) is 1.68. The molecule has 0 amide bonds. The van der Waals surface area contributed by atoms with Crippen LogP contribution in [0.4, 0.5) is 0 Å². The van der Waals surface area contributed by atoms with Gasteiger partial charge in [-0.05, 0) is 32.4 Å². The molecule has 0 spiro atoms. The van der Waals surface area contributed by atoms with Crippen LogP contribution in [0.25, 0.3) is 10.6 Å². The Hall–Kier alpha value is -1.22. The van der Waals surface area contributed by atoms with Crippen molar-refractivity contribution in [2.75, 3.05) is 0 Å². The first kappa shape index (κ1) is 9.34. The third-order valence-electron chi connectivity index (χ3n) is 2.15. The van der Waals surface area contributed by atoms with Gasteiger partial charge in [-0.1, -0.05) is 0 Å². The van der Waals surface area contributed by atoms with Gasteiger partial charge in [0.2, 0.25) is 0 Å². The summed E-state index contributed by atoms with van der Waals surface area (Å²) in [6, 6.07) is 2.12. The van der Waals surface area contributed by atoms with Gasteiger partial charge < -0.3 is 0 Å². The lowest BCUT2D eigenvalue weighted by molar-refractivity contribution is 1.21. The summed E-state index contributed by atoms with van der Waals surface area (Å²) < 4.78 is 0. The van der Waals surface area contributed by atoms with Crippen LogP contribution in [0.2, 0.25) is 0 Å². The molecule has 0 aromatic carbocycles. The first-order chi connectivity index (χ1) is 6.66. The van der Waals surface area contributed by atoms with E-state index in [-0.39, 0.29) is 0 Å². The molecule has 14 heavy (non-hydrogen) atoms. The number of aryl methyl sites for hydroxylation is 3. The molecule has 2 aromatic heterocycles. The van der Waals surface area contributed by atoms with Crippen LogP contribution in [-0.4, -0.2) is 9.97 Å². The van der Waals surface area contributed by atoms with Crippen molar-refractivity contribution in [3.63, 3.8) is 0 Å². The van der Waals surface area contributed by atoms with Gasteiger partial charge in [0.05, 0.1) is 5.69 Å². The van der Waals surface area contributed by atoms with E-state index in [1.54, 1.807) is 11.3 Å². The van der Waals surface area contributed by atoms with Crippen molar-refractivity contribution in [1.82, 2.24) is 9.97 Å². The zero-order valence-electron chi connectivity index (χ0n) is 8.53. The molecule has 2 heterocycles. The van der Waals surface area contributed by atoms with Crippen molar-refractivity contribution >= 4 is 11.3 Å². The Morgan fingerprint density at radius 1 is 1.14 bits per heavy atom. The van der Waals surface area contributed by atoms with E-state index in [4.69, 9.17) is 0 Å². The van der Waals surface area contributed by atoms with Gasteiger partial charge in [-0.15, -0.1) is 11.3 Å². The molecule has 2 rings (SSSR count). The molecule has 0 N–H and O–H groups in total. The maximum absolute atomic E-state index is 4.50. The van der Waals surface area contributed by atoms with E-state index >= 15 is 0 Å². The van der Waals surface area contributed by atoms with Crippen LogP contribution < -0.4 is 0 Å². The Morgan fingerprint density at radius 2 is 1.93 bits per heavy atom. The van der Waals surface area contributed by atoms with Crippen molar-refractivity contribution < 1.29 is 0 Å². The van der Waals surface area contributed by atoms with E-state index in [1.165, 1.54) is 10.4 Å². The summed E-state index contributed by atoms with van der Waals surface area (Å²) >= 11 is 1.73. The molecule has 0 bridgehead atoms. The fourth-order valence-corrected chi connectivity index (χ4v) is 2.16. The summed E-state index contributed by atoms with van der Waals surface area (Å²) in [6.45, 7) is 6.18. The molecule has 0 aliphatic rings. The quantitative estimate of drug-likeness (QED) is 0.713. The summed E-state index contributed by atoms with van der Waals surface area (Å²) in [6.07, 6.45) is 3.72. The van der Waals surface area contributed by atoms with Crippen LogP contribution in [0.1, 0.15) is 16.1 Å². The van der Waals surface area contributed by atoms with Crippen LogP contribution in [-0.2, 0) is 0 Å². The minimum absolute atomic E-state index is 1.07. The lowest BCUT2D eigenvalue weighted by Gasteiger charge is -1.96. The van der Waals surface area contributed by atoms with E-state index in [1.807, 2.05) is 26.2 Å². The standard InChI is InChI=1S/C11H12N2S/c1-7-4-10(6-12-5-7)11-13-8(2)9(3)14-11/h4-6H,1-3H3. The highest BCUT2D eigenvalue weighted by atomic mass is 32.1. The number of rotatable bonds is 1. The molecule has 72 valence electrons. The van der Waals surface area contributed by atoms with Gasteiger partial charge in [-0.3, -0.25) is 4.98 Å². The molecule has 0 atom stereocenters. The van der Waals surface area contributed by atoms with E-state index < -0.39 is 0 Å². The number of hydrogen-bond donors (Lipinski definition) is 0. The van der Waals surface area contributed by atoms with Crippen LogP contribution >= 0.6 is 11.3 Å². The van der Waals surface area contributed by atoms with Crippen LogP contribution in [0, 0.1) is 20.8 Å². The van der Waals surface area contributed by atoms with E-state index in [0.717, 1.165) is 16.3 Å². The monoisotopic (exact) mass is 204 g/mol. The molecule has 0 aliphatic heterocycles. The summed E-state index contributed by atoms with van der Waals surface area (Å²) in [5.74, 6) is 0. The predicted octanol–water partition coefficient (Wildman–Crippen LogP) is 3.13. The Bertz CT molecular complexity index is 441. The number of pyridine rings is 1. The molecular weight excluding hydrogens is 192 g/mol. The topological polar surface area (TPSA) is 25.8 Å². The molecule has 0 saturated heterocycles. The van der Waals surface area contributed by atoms with Crippen molar-refractivity contribution in [2.45, 2.75) is 20.8 Å². The Kier molecular flexibility index (Phi) is 2.33. The summed E-state index contributed by atoms with van der Waals surface area (Å²) in [4.78, 5) is 9.95. The summed E-state index contributed by atoms with van der Waals surface area (Å²) in [7, 11) is 0. The average Bonchev–Trinajstić information content (AvgIpc) is 2.47. The van der Waals surface area contributed by atoms with Crippen molar-refractivity contribution in [3.05, 3.63) is 34.6 Å². The second-order valence-electron chi connectivity index (χ2n) is 3.41. The second-order valence-corrected chi connectivity index (χ2v) is 4.61. The van der Waals surface area contributed by atoms with Gasteiger partial charge in [-0.25, -0.2) is 4.98 Å². The predicted molar refractivity (Wildman–Crippen MR) is 59.6 cm³/mol. The Balaban J connectivity index is 2.49. The number of nitrogens with zero attached hydrogens (tertiary/aromatic N) is 2. The van der Waals surface area contributed by atoms with E-state index in [0.29, 0.717) is 0 Å². The highest BCUT2D eigenvalue weighted by molar-refractivity contribution is 7.15. The third-order valence-corrected chi connectivity index (χ3v) is 3.27. The lowest BCUT2D eigenvalue weighted by Crippen LogP contribution is -1.81. The van der Waals surface area contributed by atoms with Gasteiger partial charge in [0, 0.05) is 22.8 Å². The molecule has 0 radical (unpaired) electrons. The fourth-order valence-electron chi connectivity index (χ4n) is 1.27. The maximum Gasteiger partial charge on any atom is 0.125 e. The maximum atomic E-state index is 4.50. The SMILES string of the molecule is Cc1cncc(-c2nc(C)c(C)s2)c1. The molecule has 0 unspecified atom stereocenters. The highest BCUT2D eigenvalue weighted by Gasteiger charge is 2.05. The Morgan fingerprint density at radius 3 is 2.50 bits per heavy atom. The van der Waals surface area contributed by atoms with Crippen molar-refractivity contribution in [2.24, 2.45) is 0 Å². The van der Waals surface area contributed by atoms with Gasteiger partial charge in [0.1, 0.15) is 5.01 Å². The largest absolute Gasteiger partial charge is 0.264 e. The number of aromatic nitrogens is 2. The normalized spacial score (nSPS) is 10.5. The highest BCUT2D eigenvalue weighted by Crippen LogP contribution is 2.26. The lowest BCUT2D eigenvalue weighted by atomic mass is 10.2. The van der Waals surface area contributed by atoms with Crippen molar-refractivity contribution in [1.29, 1.82) is 0 Å². The molecule has 2 nitrogen and oxygen atoms in total.